The van der Waals surface area contributed by atoms with Gasteiger partial charge in [-0.1, -0.05) is 24.3 Å². The number of para-hydroxylation sites is 1. The maximum absolute atomic E-state index is 11.0. The summed E-state index contributed by atoms with van der Waals surface area (Å²) in [7, 11) is 1.55. The summed E-state index contributed by atoms with van der Waals surface area (Å²) in [5.41, 5.74) is 0.897. The van der Waals surface area contributed by atoms with Crippen molar-refractivity contribution in [3.63, 3.8) is 0 Å². The van der Waals surface area contributed by atoms with Gasteiger partial charge in [0.05, 0.1) is 17.3 Å². The Morgan fingerprint density at radius 3 is 2.73 bits per heavy atom. The number of benzene rings is 1. The molecule has 1 heterocycles. The molecule has 2 rings (SSSR count). The van der Waals surface area contributed by atoms with Crippen LogP contribution in [0.3, 0.4) is 0 Å². The summed E-state index contributed by atoms with van der Waals surface area (Å²) in [5, 5.41) is 11.9. The van der Waals surface area contributed by atoms with Crippen LogP contribution < -0.4 is 4.84 Å². The summed E-state index contributed by atoms with van der Waals surface area (Å²) in [6.45, 7) is 7.04. The van der Waals surface area contributed by atoms with Gasteiger partial charge in [-0.3, -0.25) is 10.1 Å². The highest BCUT2D eigenvalue weighted by atomic mass is 16.6. The lowest BCUT2D eigenvalue weighted by Crippen LogP contribution is -2.27. The molecule has 0 saturated heterocycles. The highest BCUT2D eigenvalue weighted by molar-refractivity contribution is 5.84. The average molecular weight is 304 g/mol. The molecule has 0 aliphatic rings. The Bertz CT molecular complexity index is 691. The van der Waals surface area contributed by atoms with Crippen LogP contribution in [0.25, 0.3) is 10.9 Å². The SMILES string of the molecule is C=CC(C)(C)OC(C[N+](=O)[O-])c1cn(OC)c2ccccc12. The van der Waals surface area contributed by atoms with Crippen molar-refractivity contribution in [2.45, 2.75) is 25.6 Å². The minimum absolute atomic E-state index is 0.324. The molecular formula is C16H20N2O4. The van der Waals surface area contributed by atoms with Gasteiger partial charge in [-0.25, -0.2) is 0 Å². The lowest BCUT2D eigenvalue weighted by Gasteiger charge is -2.26. The van der Waals surface area contributed by atoms with Crippen molar-refractivity contribution in [2.24, 2.45) is 0 Å². The van der Waals surface area contributed by atoms with Crippen LogP contribution in [-0.2, 0) is 4.74 Å². The predicted molar refractivity (Wildman–Crippen MR) is 84.4 cm³/mol. The van der Waals surface area contributed by atoms with Crippen LogP contribution in [0.2, 0.25) is 0 Å². The molecule has 0 bridgehead atoms. The number of ether oxygens (including phenoxy) is 1. The molecule has 6 nitrogen and oxygen atoms in total. The molecule has 0 saturated carbocycles. The van der Waals surface area contributed by atoms with Gasteiger partial charge in [0.2, 0.25) is 6.54 Å². The van der Waals surface area contributed by atoms with E-state index in [1.54, 1.807) is 24.1 Å². The standard InChI is InChI=1S/C16H20N2O4/c1-5-16(2,3)22-15(11-18(19)20)13-10-17(21-4)14-9-7-6-8-12(13)14/h5-10,15H,1,11H2,2-4H3. The van der Waals surface area contributed by atoms with E-state index in [-0.39, 0.29) is 11.5 Å². The highest BCUT2D eigenvalue weighted by Gasteiger charge is 2.29. The van der Waals surface area contributed by atoms with E-state index in [1.165, 1.54) is 0 Å². The summed E-state index contributed by atoms with van der Waals surface area (Å²) in [6, 6.07) is 7.56. The Balaban J connectivity index is 2.51. The molecule has 1 aromatic heterocycles. The Labute approximate surface area is 129 Å². The monoisotopic (exact) mass is 304 g/mol. The molecular weight excluding hydrogens is 284 g/mol. The second-order valence-corrected chi connectivity index (χ2v) is 5.54. The van der Waals surface area contributed by atoms with E-state index in [0.29, 0.717) is 0 Å². The average Bonchev–Trinajstić information content (AvgIpc) is 2.85. The molecule has 0 spiro atoms. The Morgan fingerprint density at radius 1 is 1.45 bits per heavy atom. The van der Waals surface area contributed by atoms with E-state index in [4.69, 9.17) is 9.57 Å². The molecule has 0 fully saturated rings. The summed E-state index contributed by atoms with van der Waals surface area (Å²) in [4.78, 5) is 15.9. The van der Waals surface area contributed by atoms with Crippen LogP contribution >= 0.6 is 0 Å². The van der Waals surface area contributed by atoms with Gasteiger partial charge in [0, 0.05) is 15.9 Å². The zero-order valence-corrected chi connectivity index (χ0v) is 13.0. The van der Waals surface area contributed by atoms with Crippen LogP contribution in [-0.4, -0.2) is 28.9 Å². The van der Waals surface area contributed by atoms with Crippen molar-refractivity contribution in [2.75, 3.05) is 13.7 Å². The number of nitrogens with zero attached hydrogens (tertiary/aromatic N) is 2. The van der Waals surface area contributed by atoms with E-state index in [9.17, 15) is 10.1 Å². The first-order chi connectivity index (χ1) is 10.4. The van der Waals surface area contributed by atoms with E-state index in [1.807, 2.05) is 38.1 Å². The maximum Gasteiger partial charge on any atom is 0.233 e. The lowest BCUT2D eigenvalue weighted by atomic mass is 10.1. The second kappa shape index (κ2) is 6.19. The number of hydrogen-bond donors (Lipinski definition) is 0. The fourth-order valence-corrected chi connectivity index (χ4v) is 2.33. The Hall–Kier alpha value is -2.34. The quantitative estimate of drug-likeness (QED) is 0.448. The van der Waals surface area contributed by atoms with E-state index < -0.39 is 11.7 Å². The smallest absolute Gasteiger partial charge is 0.233 e. The number of nitro groups is 1. The van der Waals surface area contributed by atoms with Crippen molar-refractivity contribution in [3.8, 4) is 0 Å². The molecule has 0 N–H and O–H groups in total. The Kier molecular flexibility index (Phi) is 4.51. The molecule has 0 aliphatic carbocycles. The molecule has 0 radical (unpaired) electrons. The number of aromatic nitrogens is 1. The van der Waals surface area contributed by atoms with Crippen molar-refractivity contribution < 1.29 is 14.5 Å². The summed E-state index contributed by atoms with van der Waals surface area (Å²) in [6.07, 6.45) is 2.68. The van der Waals surface area contributed by atoms with Crippen LogP contribution in [0.5, 0.6) is 0 Å². The first kappa shape index (κ1) is 16.0. The second-order valence-electron chi connectivity index (χ2n) is 5.54. The Morgan fingerprint density at radius 2 is 2.14 bits per heavy atom. The van der Waals surface area contributed by atoms with E-state index in [0.717, 1.165) is 16.5 Å². The van der Waals surface area contributed by atoms with Crippen LogP contribution in [0.1, 0.15) is 25.5 Å². The molecule has 2 aromatic rings. The highest BCUT2D eigenvalue weighted by Crippen LogP contribution is 2.31. The van der Waals surface area contributed by atoms with Crippen molar-refractivity contribution in [1.29, 1.82) is 0 Å². The summed E-state index contributed by atoms with van der Waals surface area (Å²) < 4.78 is 7.51. The minimum atomic E-state index is -0.690. The third-order valence-electron chi connectivity index (χ3n) is 3.50. The third kappa shape index (κ3) is 3.28. The lowest BCUT2D eigenvalue weighted by molar-refractivity contribution is -0.494. The molecule has 1 aromatic carbocycles. The molecule has 0 aliphatic heterocycles. The first-order valence-corrected chi connectivity index (χ1v) is 6.95. The van der Waals surface area contributed by atoms with Gasteiger partial charge in [0.1, 0.15) is 7.11 Å². The van der Waals surface area contributed by atoms with Crippen LogP contribution in [0, 0.1) is 10.1 Å². The number of fused-ring (bicyclic) bond motifs is 1. The van der Waals surface area contributed by atoms with E-state index >= 15 is 0 Å². The fourth-order valence-electron chi connectivity index (χ4n) is 2.33. The molecule has 6 heteroatoms. The van der Waals surface area contributed by atoms with Crippen LogP contribution in [0.4, 0.5) is 0 Å². The number of rotatable bonds is 7. The largest absolute Gasteiger partial charge is 0.417 e. The van der Waals surface area contributed by atoms with Gasteiger partial charge in [0.15, 0.2) is 6.10 Å². The molecule has 1 atom stereocenters. The number of hydrogen-bond acceptors (Lipinski definition) is 4. The van der Waals surface area contributed by atoms with Crippen LogP contribution in [0.15, 0.2) is 43.1 Å². The van der Waals surface area contributed by atoms with E-state index in [2.05, 4.69) is 6.58 Å². The van der Waals surface area contributed by atoms with Gasteiger partial charge in [-0.15, -0.1) is 6.58 Å². The van der Waals surface area contributed by atoms with Crippen molar-refractivity contribution in [1.82, 2.24) is 4.73 Å². The van der Waals surface area contributed by atoms with Crippen molar-refractivity contribution in [3.05, 3.63) is 58.8 Å². The zero-order valence-electron chi connectivity index (χ0n) is 13.0. The van der Waals surface area contributed by atoms with Gasteiger partial charge in [0.25, 0.3) is 0 Å². The minimum Gasteiger partial charge on any atom is -0.417 e. The fraction of sp³-hybridized carbons (Fsp3) is 0.375. The topological polar surface area (TPSA) is 66.5 Å². The molecule has 22 heavy (non-hydrogen) atoms. The van der Waals surface area contributed by atoms with Crippen molar-refractivity contribution >= 4 is 10.9 Å². The molecule has 118 valence electrons. The zero-order chi connectivity index (χ0) is 16.3. The molecule has 1 unspecified atom stereocenters. The molecule has 0 amide bonds. The summed E-state index contributed by atoms with van der Waals surface area (Å²) in [5.74, 6) is 0. The van der Waals surface area contributed by atoms with Gasteiger partial charge < -0.3 is 9.57 Å². The third-order valence-corrected chi connectivity index (χ3v) is 3.50. The first-order valence-electron chi connectivity index (χ1n) is 6.95. The van der Waals surface area contributed by atoms with Gasteiger partial charge in [-0.2, -0.15) is 4.73 Å². The predicted octanol–water partition coefficient (Wildman–Crippen LogP) is 3.00. The van der Waals surface area contributed by atoms with Gasteiger partial charge in [-0.05, 0) is 19.9 Å². The normalized spacial score (nSPS) is 13.0. The van der Waals surface area contributed by atoms with Gasteiger partial charge >= 0.3 is 0 Å². The summed E-state index contributed by atoms with van der Waals surface area (Å²) >= 11 is 0. The maximum atomic E-state index is 11.0.